The predicted octanol–water partition coefficient (Wildman–Crippen LogP) is 4.62. The first-order valence-corrected chi connectivity index (χ1v) is 7.13. The summed E-state index contributed by atoms with van der Waals surface area (Å²) >= 11 is 12.0. The summed E-state index contributed by atoms with van der Waals surface area (Å²) in [4.78, 5) is 11.4. The minimum absolute atomic E-state index is 0.0199. The summed E-state index contributed by atoms with van der Waals surface area (Å²) in [5, 5.41) is 10.1. The second-order valence-electron chi connectivity index (χ2n) is 4.74. The van der Waals surface area contributed by atoms with Gasteiger partial charge in [0.15, 0.2) is 0 Å². The van der Waals surface area contributed by atoms with E-state index in [1.165, 1.54) is 12.1 Å². The number of carbonyl (C=O) groups is 1. The van der Waals surface area contributed by atoms with Crippen molar-refractivity contribution in [1.29, 1.82) is 0 Å². The van der Waals surface area contributed by atoms with Gasteiger partial charge in [0.05, 0.1) is 5.92 Å². The van der Waals surface area contributed by atoms with Crippen LogP contribution >= 0.6 is 23.2 Å². The van der Waals surface area contributed by atoms with Crippen LogP contribution in [0.4, 0.5) is 4.39 Å². The standard InChI is InChI=1S/C16H13Cl2FO2/c17-13-5-2-1-4-10(13)8-11(16(20)21)9-12-14(18)6-3-7-15(12)19/h1-7,11H,8-9H2,(H,20,21). The molecule has 2 aromatic carbocycles. The maximum absolute atomic E-state index is 13.8. The zero-order valence-electron chi connectivity index (χ0n) is 11.0. The molecule has 0 heterocycles. The van der Waals surface area contributed by atoms with Crippen molar-refractivity contribution in [2.24, 2.45) is 5.92 Å². The zero-order chi connectivity index (χ0) is 15.4. The molecule has 0 aliphatic rings. The highest BCUT2D eigenvalue weighted by Gasteiger charge is 2.22. The van der Waals surface area contributed by atoms with Gasteiger partial charge in [-0.1, -0.05) is 47.5 Å². The van der Waals surface area contributed by atoms with Gasteiger partial charge in [-0.2, -0.15) is 0 Å². The molecule has 1 atom stereocenters. The number of carboxylic acid groups (broad SMARTS) is 1. The highest BCUT2D eigenvalue weighted by atomic mass is 35.5. The molecule has 0 amide bonds. The van der Waals surface area contributed by atoms with Crippen molar-refractivity contribution >= 4 is 29.2 Å². The van der Waals surface area contributed by atoms with Gasteiger partial charge in [0.25, 0.3) is 0 Å². The van der Waals surface area contributed by atoms with Gasteiger partial charge in [-0.25, -0.2) is 4.39 Å². The predicted molar refractivity (Wildman–Crippen MR) is 81.4 cm³/mol. The van der Waals surface area contributed by atoms with Crippen molar-refractivity contribution in [2.75, 3.05) is 0 Å². The molecule has 21 heavy (non-hydrogen) atoms. The van der Waals surface area contributed by atoms with Crippen LogP contribution in [0.25, 0.3) is 0 Å². The number of hydrogen-bond donors (Lipinski definition) is 1. The van der Waals surface area contributed by atoms with Crippen molar-refractivity contribution in [2.45, 2.75) is 12.8 Å². The molecule has 110 valence electrons. The average Bonchev–Trinajstić information content (AvgIpc) is 2.43. The number of hydrogen-bond acceptors (Lipinski definition) is 1. The fourth-order valence-corrected chi connectivity index (χ4v) is 2.60. The summed E-state index contributed by atoms with van der Waals surface area (Å²) in [5.41, 5.74) is 0.942. The van der Waals surface area contributed by atoms with Gasteiger partial charge in [0, 0.05) is 15.6 Å². The van der Waals surface area contributed by atoms with Crippen LogP contribution in [0.5, 0.6) is 0 Å². The summed E-state index contributed by atoms with van der Waals surface area (Å²) < 4.78 is 13.8. The first-order chi connectivity index (χ1) is 9.99. The van der Waals surface area contributed by atoms with E-state index < -0.39 is 17.7 Å². The maximum atomic E-state index is 13.8. The molecule has 0 radical (unpaired) electrons. The number of rotatable bonds is 5. The molecule has 0 saturated carbocycles. The van der Waals surface area contributed by atoms with Gasteiger partial charge in [-0.3, -0.25) is 4.79 Å². The number of aliphatic carboxylic acids is 1. The van der Waals surface area contributed by atoms with E-state index in [0.29, 0.717) is 5.02 Å². The Kier molecular flexibility index (Phi) is 5.21. The summed E-state index contributed by atoms with van der Waals surface area (Å²) in [6.07, 6.45) is 0.242. The molecule has 2 rings (SSSR count). The van der Waals surface area contributed by atoms with E-state index in [1.54, 1.807) is 30.3 Å². The van der Waals surface area contributed by atoms with Crippen LogP contribution in [0, 0.1) is 11.7 Å². The Bertz CT molecular complexity index is 638. The number of halogens is 3. The summed E-state index contributed by atoms with van der Waals surface area (Å²) in [5.74, 6) is -2.29. The van der Waals surface area contributed by atoms with Gasteiger partial charge < -0.3 is 5.11 Å². The Labute approximate surface area is 132 Å². The first kappa shape index (κ1) is 15.8. The van der Waals surface area contributed by atoms with Crippen molar-refractivity contribution in [3.8, 4) is 0 Å². The topological polar surface area (TPSA) is 37.3 Å². The molecule has 1 N–H and O–H groups in total. The zero-order valence-corrected chi connectivity index (χ0v) is 12.5. The van der Waals surface area contributed by atoms with Gasteiger partial charge in [0.1, 0.15) is 5.82 Å². The smallest absolute Gasteiger partial charge is 0.307 e. The van der Waals surface area contributed by atoms with Crippen molar-refractivity contribution < 1.29 is 14.3 Å². The molecule has 2 nitrogen and oxygen atoms in total. The monoisotopic (exact) mass is 326 g/mol. The lowest BCUT2D eigenvalue weighted by molar-refractivity contribution is -0.141. The van der Waals surface area contributed by atoms with E-state index in [9.17, 15) is 14.3 Å². The molecule has 0 aromatic heterocycles. The third-order valence-electron chi connectivity index (χ3n) is 3.29. The number of benzene rings is 2. The quantitative estimate of drug-likeness (QED) is 0.870. The lowest BCUT2D eigenvalue weighted by atomic mass is 9.92. The van der Waals surface area contributed by atoms with Crippen molar-refractivity contribution in [3.63, 3.8) is 0 Å². The average molecular weight is 327 g/mol. The fourth-order valence-electron chi connectivity index (χ4n) is 2.15. The van der Waals surface area contributed by atoms with Crippen LogP contribution in [0.15, 0.2) is 42.5 Å². The second kappa shape index (κ2) is 6.92. The molecule has 0 aliphatic heterocycles. The summed E-state index contributed by atoms with van der Waals surface area (Å²) in [7, 11) is 0. The van der Waals surface area contributed by atoms with E-state index in [-0.39, 0.29) is 23.4 Å². The third kappa shape index (κ3) is 3.96. The highest BCUT2D eigenvalue weighted by Crippen LogP contribution is 2.26. The fraction of sp³-hybridized carbons (Fsp3) is 0.188. The van der Waals surface area contributed by atoms with Crippen LogP contribution in [0.2, 0.25) is 10.0 Å². The van der Waals surface area contributed by atoms with E-state index in [0.717, 1.165) is 5.56 Å². The van der Waals surface area contributed by atoms with E-state index in [1.807, 2.05) is 0 Å². The maximum Gasteiger partial charge on any atom is 0.307 e. The third-order valence-corrected chi connectivity index (χ3v) is 4.01. The van der Waals surface area contributed by atoms with Crippen LogP contribution in [-0.4, -0.2) is 11.1 Å². The SMILES string of the molecule is O=C(O)C(Cc1ccccc1Cl)Cc1c(F)cccc1Cl. The molecule has 2 aromatic rings. The first-order valence-electron chi connectivity index (χ1n) is 6.38. The van der Waals surface area contributed by atoms with Crippen molar-refractivity contribution in [3.05, 3.63) is 69.5 Å². The normalized spacial score (nSPS) is 12.1. The van der Waals surface area contributed by atoms with Crippen LogP contribution < -0.4 is 0 Å². The van der Waals surface area contributed by atoms with Gasteiger partial charge in [-0.05, 0) is 36.6 Å². The Morgan fingerprint density at radius 3 is 2.33 bits per heavy atom. The van der Waals surface area contributed by atoms with Crippen molar-refractivity contribution in [1.82, 2.24) is 0 Å². The molecular weight excluding hydrogens is 314 g/mol. The lowest BCUT2D eigenvalue weighted by Crippen LogP contribution is -2.20. The Morgan fingerprint density at radius 2 is 1.71 bits per heavy atom. The molecule has 5 heteroatoms. The molecular formula is C16H13Cl2FO2. The molecule has 0 aliphatic carbocycles. The van der Waals surface area contributed by atoms with Gasteiger partial charge >= 0.3 is 5.97 Å². The summed E-state index contributed by atoms with van der Waals surface area (Å²) in [6.45, 7) is 0. The van der Waals surface area contributed by atoms with Gasteiger partial charge in [-0.15, -0.1) is 0 Å². The molecule has 0 fully saturated rings. The summed E-state index contributed by atoms with van der Waals surface area (Å²) in [6, 6.07) is 11.3. The lowest BCUT2D eigenvalue weighted by Gasteiger charge is -2.15. The molecule has 1 unspecified atom stereocenters. The minimum Gasteiger partial charge on any atom is -0.481 e. The van der Waals surface area contributed by atoms with Gasteiger partial charge in [0.2, 0.25) is 0 Å². The van der Waals surface area contributed by atoms with Crippen LogP contribution in [0.1, 0.15) is 11.1 Å². The molecule has 0 spiro atoms. The van der Waals surface area contributed by atoms with E-state index in [4.69, 9.17) is 23.2 Å². The number of carboxylic acids is 1. The van der Waals surface area contributed by atoms with E-state index in [2.05, 4.69) is 0 Å². The largest absolute Gasteiger partial charge is 0.481 e. The molecule has 0 bridgehead atoms. The highest BCUT2D eigenvalue weighted by molar-refractivity contribution is 6.31. The molecule has 0 saturated heterocycles. The minimum atomic E-state index is -1.01. The Balaban J connectivity index is 2.25. The Morgan fingerprint density at radius 1 is 1.05 bits per heavy atom. The van der Waals surface area contributed by atoms with E-state index >= 15 is 0 Å². The second-order valence-corrected chi connectivity index (χ2v) is 5.55. The Hall–Kier alpha value is -1.58. The van der Waals surface area contributed by atoms with Crippen LogP contribution in [0.3, 0.4) is 0 Å². The van der Waals surface area contributed by atoms with Crippen LogP contribution in [-0.2, 0) is 17.6 Å².